The molecule has 1 saturated carbocycles. The third kappa shape index (κ3) is 2.55. The highest BCUT2D eigenvalue weighted by atomic mass is 15.2. The maximum atomic E-state index is 8.77. The van der Waals surface area contributed by atoms with Gasteiger partial charge in [-0.1, -0.05) is 13.8 Å². The molecule has 0 atom stereocenters. The molecule has 1 fully saturated rings. The smallest absolute Gasteiger partial charge is 0.0991 e. The van der Waals surface area contributed by atoms with Crippen molar-refractivity contribution in [2.45, 2.75) is 32.7 Å². The molecular weight excluding hydrogens is 196 g/mol. The van der Waals surface area contributed by atoms with E-state index in [1.165, 1.54) is 18.5 Å². The fraction of sp³-hybridized carbons (Fsp3) is 0.500. The van der Waals surface area contributed by atoms with E-state index >= 15 is 0 Å². The van der Waals surface area contributed by atoms with Gasteiger partial charge >= 0.3 is 0 Å². The van der Waals surface area contributed by atoms with Gasteiger partial charge in [0.25, 0.3) is 0 Å². The van der Waals surface area contributed by atoms with Crippen molar-refractivity contribution in [3.8, 4) is 6.07 Å². The molecule has 2 heteroatoms. The predicted molar refractivity (Wildman–Crippen MR) is 66.4 cm³/mol. The molecule has 0 saturated heterocycles. The Balaban J connectivity index is 2.15. The highest BCUT2D eigenvalue weighted by Gasteiger charge is 2.29. The highest BCUT2D eigenvalue weighted by molar-refractivity contribution is 5.51. The van der Waals surface area contributed by atoms with E-state index in [-0.39, 0.29) is 0 Å². The third-order valence-electron chi connectivity index (χ3n) is 2.88. The van der Waals surface area contributed by atoms with Crippen molar-refractivity contribution < 1.29 is 0 Å². The van der Waals surface area contributed by atoms with Crippen LogP contribution in [0.25, 0.3) is 0 Å². The molecule has 0 aromatic heterocycles. The molecule has 0 unspecified atom stereocenters. The van der Waals surface area contributed by atoms with Gasteiger partial charge in [0, 0.05) is 18.3 Å². The normalized spacial score (nSPS) is 14.9. The number of rotatable bonds is 4. The van der Waals surface area contributed by atoms with Crippen molar-refractivity contribution in [2.75, 3.05) is 11.4 Å². The molecule has 0 N–H and O–H groups in total. The van der Waals surface area contributed by atoms with Crippen LogP contribution in [-0.4, -0.2) is 12.6 Å². The Morgan fingerprint density at radius 1 is 1.31 bits per heavy atom. The first-order chi connectivity index (χ1) is 7.70. The Bertz CT molecular complexity index is 382. The van der Waals surface area contributed by atoms with Gasteiger partial charge in [-0.15, -0.1) is 0 Å². The Morgan fingerprint density at radius 2 is 1.94 bits per heavy atom. The van der Waals surface area contributed by atoms with Crippen LogP contribution in [0.5, 0.6) is 0 Å². The first-order valence-electron chi connectivity index (χ1n) is 5.97. The molecule has 1 aliphatic carbocycles. The second-order valence-corrected chi connectivity index (χ2v) is 4.94. The highest BCUT2D eigenvalue weighted by Crippen LogP contribution is 2.32. The van der Waals surface area contributed by atoms with Crippen LogP contribution in [0, 0.1) is 17.2 Å². The van der Waals surface area contributed by atoms with E-state index in [0.717, 1.165) is 18.2 Å². The molecule has 0 spiro atoms. The van der Waals surface area contributed by atoms with Crippen molar-refractivity contribution in [3.63, 3.8) is 0 Å². The van der Waals surface area contributed by atoms with Crippen LogP contribution in [0.1, 0.15) is 32.3 Å². The Morgan fingerprint density at radius 3 is 2.38 bits per heavy atom. The van der Waals surface area contributed by atoms with E-state index in [1.54, 1.807) is 0 Å². The summed E-state index contributed by atoms with van der Waals surface area (Å²) >= 11 is 0. The molecule has 2 rings (SSSR count). The first-order valence-corrected chi connectivity index (χ1v) is 5.97. The number of hydrogen-bond donors (Lipinski definition) is 0. The summed E-state index contributed by atoms with van der Waals surface area (Å²) in [7, 11) is 0. The number of nitrogens with zero attached hydrogens (tertiary/aromatic N) is 2. The van der Waals surface area contributed by atoms with Crippen molar-refractivity contribution in [1.82, 2.24) is 0 Å². The minimum absolute atomic E-state index is 0.677. The second kappa shape index (κ2) is 4.57. The van der Waals surface area contributed by atoms with Crippen LogP contribution in [0.2, 0.25) is 0 Å². The maximum absolute atomic E-state index is 8.77. The van der Waals surface area contributed by atoms with Gasteiger partial charge in [0.2, 0.25) is 0 Å². The van der Waals surface area contributed by atoms with E-state index in [2.05, 4.69) is 36.9 Å². The molecule has 0 bridgehead atoms. The molecule has 0 heterocycles. The number of benzene rings is 1. The van der Waals surface area contributed by atoms with Gasteiger partial charge in [-0.3, -0.25) is 0 Å². The first kappa shape index (κ1) is 11.0. The van der Waals surface area contributed by atoms with Gasteiger partial charge in [-0.05, 0) is 43.0 Å². The monoisotopic (exact) mass is 214 g/mol. The third-order valence-corrected chi connectivity index (χ3v) is 2.88. The topological polar surface area (TPSA) is 27.0 Å². The van der Waals surface area contributed by atoms with Crippen LogP contribution in [0.15, 0.2) is 24.3 Å². The lowest BCUT2D eigenvalue weighted by Crippen LogP contribution is -2.29. The summed E-state index contributed by atoms with van der Waals surface area (Å²) in [6.45, 7) is 5.61. The maximum Gasteiger partial charge on any atom is 0.0991 e. The fourth-order valence-electron chi connectivity index (χ4n) is 1.97. The largest absolute Gasteiger partial charge is 0.368 e. The minimum atomic E-state index is 0.677. The summed E-state index contributed by atoms with van der Waals surface area (Å²) < 4.78 is 0. The Kier molecular flexibility index (Phi) is 3.14. The van der Waals surface area contributed by atoms with Gasteiger partial charge in [0.05, 0.1) is 11.6 Å². The van der Waals surface area contributed by atoms with E-state index in [0.29, 0.717) is 5.92 Å². The number of hydrogen-bond acceptors (Lipinski definition) is 2. The summed E-state index contributed by atoms with van der Waals surface area (Å²) in [5.74, 6) is 0.677. The Hall–Kier alpha value is -1.49. The molecule has 16 heavy (non-hydrogen) atoms. The van der Waals surface area contributed by atoms with E-state index in [4.69, 9.17) is 5.26 Å². The molecule has 84 valence electrons. The van der Waals surface area contributed by atoms with Crippen LogP contribution in [0.3, 0.4) is 0 Å². The van der Waals surface area contributed by atoms with Gasteiger partial charge < -0.3 is 4.90 Å². The molecule has 0 amide bonds. The zero-order valence-electron chi connectivity index (χ0n) is 9.98. The van der Waals surface area contributed by atoms with Crippen LogP contribution in [0.4, 0.5) is 5.69 Å². The van der Waals surface area contributed by atoms with E-state index in [9.17, 15) is 0 Å². The van der Waals surface area contributed by atoms with Crippen molar-refractivity contribution in [1.29, 1.82) is 5.26 Å². The van der Waals surface area contributed by atoms with Gasteiger partial charge in [-0.2, -0.15) is 5.26 Å². The Labute approximate surface area is 97.5 Å². The molecule has 0 radical (unpaired) electrons. The van der Waals surface area contributed by atoms with Crippen LogP contribution in [-0.2, 0) is 0 Å². The average molecular weight is 214 g/mol. The van der Waals surface area contributed by atoms with Crippen molar-refractivity contribution in [2.24, 2.45) is 5.92 Å². The van der Waals surface area contributed by atoms with Crippen molar-refractivity contribution >= 4 is 5.69 Å². The van der Waals surface area contributed by atoms with Gasteiger partial charge in [0.15, 0.2) is 0 Å². The van der Waals surface area contributed by atoms with Gasteiger partial charge in [0.1, 0.15) is 0 Å². The summed E-state index contributed by atoms with van der Waals surface area (Å²) in [5.41, 5.74) is 2.00. The van der Waals surface area contributed by atoms with E-state index in [1.807, 2.05) is 12.1 Å². The quantitative estimate of drug-likeness (QED) is 0.769. The molecule has 1 aliphatic rings. The fourth-order valence-corrected chi connectivity index (χ4v) is 1.97. The zero-order chi connectivity index (χ0) is 11.5. The number of anilines is 1. The average Bonchev–Trinajstić information content (AvgIpc) is 3.10. The van der Waals surface area contributed by atoms with Crippen molar-refractivity contribution in [3.05, 3.63) is 29.8 Å². The van der Waals surface area contributed by atoms with Crippen LogP contribution < -0.4 is 4.90 Å². The lowest BCUT2D eigenvalue weighted by Gasteiger charge is -2.26. The summed E-state index contributed by atoms with van der Waals surface area (Å²) in [6, 6.07) is 10.8. The molecule has 0 aliphatic heterocycles. The molecule has 1 aromatic carbocycles. The summed E-state index contributed by atoms with van der Waals surface area (Å²) in [4.78, 5) is 2.48. The second-order valence-electron chi connectivity index (χ2n) is 4.94. The van der Waals surface area contributed by atoms with Crippen LogP contribution >= 0.6 is 0 Å². The lowest BCUT2D eigenvalue weighted by atomic mass is 10.1. The zero-order valence-corrected chi connectivity index (χ0v) is 9.98. The standard InChI is InChI=1S/C14H18N2/c1-11(2)10-16(14-7-8-14)13-5-3-12(9-15)4-6-13/h3-6,11,14H,7-8,10H2,1-2H3. The SMILES string of the molecule is CC(C)CN(c1ccc(C#N)cc1)C1CC1. The molecule has 2 nitrogen and oxygen atoms in total. The van der Waals surface area contributed by atoms with Gasteiger partial charge in [-0.25, -0.2) is 0 Å². The van der Waals surface area contributed by atoms with E-state index < -0.39 is 0 Å². The molecular formula is C14H18N2. The lowest BCUT2D eigenvalue weighted by molar-refractivity contribution is 0.607. The summed E-state index contributed by atoms with van der Waals surface area (Å²) in [6.07, 6.45) is 2.62. The predicted octanol–water partition coefficient (Wildman–Crippen LogP) is 3.18. The summed E-state index contributed by atoms with van der Waals surface area (Å²) in [5, 5.41) is 8.77. The molecule has 1 aromatic rings. The number of nitriles is 1. The minimum Gasteiger partial charge on any atom is -0.368 e.